The molecule has 14 heavy (non-hydrogen) atoms. The zero-order valence-corrected chi connectivity index (χ0v) is 7.14. The largest absolute Gasteiger partial charge is 0.416 e. The van der Waals surface area contributed by atoms with Gasteiger partial charge in [0.15, 0.2) is 0 Å². The Labute approximate surface area is 78.5 Å². The second-order valence-electron chi connectivity index (χ2n) is 2.84. The minimum atomic E-state index is -4.38. The molecule has 0 aliphatic rings. The van der Waals surface area contributed by atoms with Crippen LogP contribution in [-0.2, 0) is 17.4 Å². The number of rotatable bonds is 2. The molecule has 1 amide bonds. The van der Waals surface area contributed by atoms with Crippen LogP contribution in [0.25, 0.3) is 0 Å². The van der Waals surface area contributed by atoms with Gasteiger partial charge in [0.25, 0.3) is 0 Å². The lowest BCUT2D eigenvalue weighted by Gasteiger charge is -2.07. The predicted octanol–water partition coefficient (Wildman–Crippen LogP) is 1.73. The summed E-state index contributed by atoms with van der Waals surface area (Å²) in [6.07, 6.45) is -4.56. The minimum absolute atomic E-state index is 0.177. The molecular weight excluding hydrogens is 195 g/mol. The lowest BCUT2D eigenvalue weighted by atomic mass is 10.1. The monoisotopic (exact) mass is 203 g/mol. The Bertz CT molecular complexity index is 346. The maximum atomic E-state index is 12.2. The molecule has 0 aliphatic carbocycles. The van der Waals surface area contributed by atoms with Gasteiger partial charge in [-0.25, -0.2) is 0 Å². The van der Waals surface area contributed by atoms with Crippen LogP contribution in [0.3, 0.4) is 0 Å². The number of carbonyl (C=O) groups is 1. The highest BCUT2D eigenvalue weighted by Crippen LogP contribution is 2.29. The van der Waals surface area contributed by atoms with Crippen molar-refractivity contribution in [3.8, 4) is 0 Å². The summed E-state index contributed by atoms with van der Waals surface area (Å²) in [5.74, 6) is -0.649. The Morgan fingerprint density at radius 3 is 2.50 bits per heavy atom. The molecule has 5 heteroatoms. The summed E-state index contributed by atoms with van der Waals surface area (Å²) in [6, 6.07) is 4.55. The Balaban J connectivity index is 2.95. The third-order valence-corrected chi connectivity index (χ3v) is 1.63. The fraction of sp³-hybridized carbons (Fsp3) is 0.222. The van der Waals surface area contributed by atoms with E-state index in [9.17, 15) is 18.0 Å². The lowest BCUT2D eigenvalue weighted by molar-refractivity contribution is -0.137. The van der Waals surface area contributed by atoms with Gasteiger partial charge >= 0.3 is 6.18 Å². The maximum Gasteiger partial charge on any atom is 0.416 e. The third kappa shape index (κ3) is 2.76. The van der Waals surface area contributed by atoms with Gasteiger partial charge < -0.3 is 5.73 Å². The molecule has 0 aromatic heterocycles. The average molecular weight is 203 g/mol. The van der Waals surface area contributed by atoms with Gasteiger partial charge in [-0.1, -0.05) is 18.2 Å². The van der Waals surface area contributed by atoms with E-state index in [-0.39, 0.29) is 12.0 Å². The van der Waals surface area contributed by atoms with Gasteiger partial charge in [-0.15, -0.1) is 0 Å². The van der Waals surface area contributed by atoms with Gasteiger partial charge in [0.1, 0.15) is 0 Å². The van der Waals surface area contributed by atoms with Gasteiger partial charge in [-0.05, 0) is 11.6 Å². The normalized spacial score (nSPS) is 11.4. The molecule has 0 fully saturated rings. The van der Waals surface area contributed by atoms with E-state index in [1.54, 1.807) is 0 Å². The molecule has 76 valence electrons. The van der Waals surface area contributed by atoms with E-state index >= 15 is 0 Å². The summed E-state index contributed by atoms with van der Waals surface area (Å²) < 4.78 is 36.6. The Kier molecular flexibility index (Phi) is 2.78. The molecule has 1 aromatic rings. The molecule has 0 bridgehead atoms. The maximum absolute atomic E-state index is 12.2. The number of nitrogens with two attached hydrogens (primary N) is 1. The number of benzene rings is 1. The van der Waals surface area contributed by atoms with Gasteiger partial charge in [-0.3, -0.25) is 4.79 Å². The van der Waals surface area contributed by atoms with E-state index < -0.39 is 17.6 Å². The molecule has 0 saturated carbocycles. The Morgan fingerprint density at radius 2 is 2.00 bits per heavy atom. The second-order valence-corrected chi connectivity index (χ2v) is 2.84. The highest BCUT2D eigenvalue weighted by Gasteiger charge is 2.30. The van der Waals surface area contributed by atoms with Gasteiger partial charge in [0, 0.05) is 0 Å². The van der Waals surface area contributed by atoms with E-state index in [1.165, 1.54) is 12.1 Å². The molecule has 0 saturated heterocycles. The van der Waals surface area contributed by atoms with Crippen molar-refractivity contribution in [2.45, 2.75) is 12.6 Å². The van der Waals surface area contributed by atoms with E-state index in [0.717, 1.165) is 12.1 Å². The van der Waals surface area contributed by atoms with Crippen LogP contribution in [0.1, 0.15) is 11.1 Å². The minimum Gasteiger partial charge on any atom is -0.369 e. The average Bonchev–Trinajstić information content (AvgIpc) is 2.01. The van der Waals surface area contributed by atoms with Crippen molar-refractivity contribution in [2.75, 3.05) is 0 Å². The van der Waals surface area contributed by atoms with Crippen molar-refractivity contribution in [3.63, 3.8) is 0 Å². The topological polar surface area (TPSA) is 43.1 Å². The predicted molar refractivity (Wildman–Crippen MR) is 44.3 cm³/mol. The third-order valence-electron chi connectivity index (χ3n) is 1.63. The number of halogens is 3. The number of carbonyl (C=O) groups excluding carboxylic acids is 1. The highest BCUT2D eigenvalue weighted by atomic mass is 19.4. The number of primary amides is 1. The Hall–Kier alpha value is -1.52. The van der Waals surface area contributed by atoms with Gasteiger partial charge in [-0.2, -0.15) is 13.2 Å². The van der Waals surface area contributed by atoms with Crippen LogP contribution >= 0.6 is 0 Å². The van der Waals surface area contributed by atoms with E-state index in [4.69, 9.17) is 5.73 Å². The van der Waals surface area contributed by atoms with Crippen molar-refractivity contribution >= 4 is 5.91 Å². The zero-order chi connectivity index (χ0) is 10.8. The molecule has 0 unspecified atom stereocenters. The zero-order valence-electron chi connectivity index (χ0n) is 7.14. The fourth-order valence-corrected chi connectivity index (χ4v) is 1.06. The molecule has 0 atom stereocenters. The molecule has 0 heterocycles. The van der Waals surface area contributed by atoms with E-state index in [0.29, 0.717) is 0 Å². The summed E-state index contributed by atoms with van der Waals surface area (Å²) >= 11 is 0. The summed E-state index contributed by atoms with van der Waals surface area (Å²) in [6.45, 7) is 0. The number of hydrogen-bond donors (Lipinski definition) is 1. The molecule has 1 rings (SSSR count). The summed E-state index contributed by atoms with van der Waals surface area (Å²) in [4.78, 5) is 10.5. The molecular formula is C9H8F3NO. The van der Waals surface area contributed by atoms with Crippen LogP contribution in [0.5, 0.6) is 0 Å². The lowest BCUT2D eigenvalue weighted by Crippen LogP contribution is -2.14. The van der Waals surface area contributed by atoms with Crippen LogP contribution in [0.4, 0.5) is 13.2 Å². The van der Waals surface area contributed by atoms with Crippen LogP contribution in [-0.4, -0.2) is 5.91 Å². The SMILES string of the molecule is NC(=O)Cc1cccc(C(F)(F)F)c1. The van der Waals surface area contributed by atoms with Crippen LogP contribution in [0.2, 0.25) is 0 Å². The molecule has 2 nitrogen and oxygen atoms in total. The highest BCUT2D eigenvalue weighted by molar-refractivity contribution is 5.76. The Morgan fingerprint density at radius 1 is 1.36 bits per heavy atom. The van der Waals surface area contributed by atoms with Crippen molar-refractivity contribution < 1.29 is 18.0 Å². The van der Waals surface area contributed by atoms with Crippen molar-refractivity contribution in [3.05, 3.63) is 35.4 Å². The molecule has 1 aromatic carbocycles. The van der Waals surface area contributed by atoms with E-state index in [2.05, 4.69) is 0 Å². The summed E-state index contributed by atoms with van der Waals surface area (Å²) in [7, 11) is 0. The van der Waals surface area contributed by atoms with Gasteiger partial charge in [0.2, 0.25) is 5.91 Å². The molecule has 2 N–H and O–H groups in total. The molecule has 0 radical (unpaired) electrons. The summed E-state index contributed by atoms with van der Waals surface area (Å²) in [5.41, 5.74) is 4.37. The van der Waals surface area contributed by atoms with Crippen LogP contribution < -0.4 is 5.73 Å². The second kappa shape index (κ2) is 3.69. The fourth-order valence-electron chi connectivity index (χ4n) is 1.06. The standard InChI is InChI=1S/C9H8F3NO/c10-9(11,12)7-3-1-2-6(4-7)5-8(13)14/h1-4H,5H2,(H2,13,14). The quantitative estimate of drug-likeness (QED) is 0.781. The van der Waals surface area contributed by atoms with Crippen molar-refractivity contribution in [1.29, 1.82) is 0 Å². The first kappa shape index (κ1) is 10.6. The smallest absolute Gasteiger partial charge is 0.369 e. The van der Waals surface area contributed by atoms with Crippen LogP contribution in [0, 0.1) is 0 Å². The summed E-state index contributed by atoms with van der Waals surface area (Å²) in [5, 5.41) is 0. The first-order valence-corrected chi connectivity index (χ1v) is 3.84. The molecule has 0 spiro atoms. The van der Waals surface area contributed by atoms with Crippen LogP contribution in [0.15, 0.2) is 24.3 Å². The molecule has 0 aliphatic heterocycles. The van der Waals surface area contributed by atoms with Crippen molar-refractivity contribution in [1.82, 2.24) is 0 Å². The number of alkyl halides is 3. The van der Waals surface area contributed by atoms with E-state index in [1.807, 2.05) is 0 Å². The van der Waals surface area contributed by atoms with Gasteiger partial charge in [0.05, 0.1) is 12.0 Å². The number of hydrogen-bond acceptors (Lipinski definition) is 1. The van der Waals surface area contributed by atoms with Crippen molar-refractivity contribution in [2.24, 2.45) is 5.73 Å². The first-order valence-electron chi connectivity index (χ1n) is 3.84. The number of amides is 1. The first-order chi connectivity index (χ1) is 6.39.